The second-order valence-electron chi connectivity index (χ2n) is 2.07. The van der Waals surface area contributed by atoms with Crippen molar-refractivity contribution < 1.29 is 0 Å². The van der Waals surface area contributed by atoms with E-state index in [9.17, 15) is 0 Å². The van der Waals surface area contributed by atoms with Gasteiger partial charge in [-0.05, 0) is 19.6 Å². The summed E-state index contributed by atoms with van der Waals surface area (Å²) >= 11 is 0. The molecule has 0 aliphatic heterocycles. The van der Waals surface area contributed by atoms with E-state index in [1.807, 2.05) is 6.92 Å². The van der Waals surface area contributed by atoms with Crippen LogP contribution in [-0.4, -0.2) is 19.6 Å². The van der Waals surface area contributed by atoms with Crippen LogP contribution in [0.4, 0.5) is 0 Å². The summed E-state index contributed by atoms with van der Waals surface area (Å²) in [6.07, 6.45) is 1.25. The molecule has 104 valence electrons. The average Bonchev–Trinajstić information content (AvgIpc) is 1.92. The molecule has 0 spiro atoms. The van der Waals surface area contributed by atoms with Gasteiger partial charge < -0.3 is 11.1 Å². The van der Waals surface area contributed by atoms with Gasteiger partial charge >= 0.3 is 0 Å². The molecule has 0 saturated heterocycles. The van der Waals surface area contributed by atoms with Crippen LogP contribution in [0.1, 0.15) is 70.7 Å². The smallest absolute Gasteiger partial charge is 0.00775 e. The molecule has 0 aliphatic rings. The Balaban J connectivity index is -0.0000000117. The van der Waals surface area contributed by atoms with E-state index >= 15 is 0 Å². The third-order valence-electron chi connectivity index (χ3n) is 0.500. The minimum Gasteiger partial charge on any atom is -0.331 e. The fourth-order valence-corrected chi connectivity index (χ4v) is 0.250. The largest absolute Gasteiger partial charge is 0.331 e. The maximum atomic E-state index is 4.85. The van der Waals surface area contributed by atoms with Crippen LogP contribution in [0, 0.1) is 0 Å². The Labute approximate surface area is 102 Å². The summed E-state index contributed by atoms with van der Waals surface area (Å²) in [6.45, 7) is 13.3. The van der Waals surface area contributed by atoms with E-state index in [4.69, 9.17) is 5.73 Å². The summed E-state index contributed by atoms with van der Waals surface area (Å²) in [6, 6.07) is 0. The Bertz CT molecular complexity index is 27.7. The first kappa shape index (κ1) is 46.1. The number of nitrogens with one attached hydrogen (secondary N) is 1. The van der Waals surface area contributed by atoms with Gasteiger partial charge in [0.15, 0.2) is 0 Å². The Hall–Kier alpha value is -0.0800. The summed E-state index contributed by atoms with van der Waals surface area (Å²) in [7, 11) is 0. The zero-order valence-corrected chi connectivity index (χ0v) is 8.91. The predicted octanol–water partition coefficient (Wildman–Crippen LogP) is 4.54. The second kappa shape index (κ2) is 96.0. The molecule has 0 rings (SSSR count). The lowest BCUT2D eigenvalue weighted by molar-refractivity contribution is 0.762. The van der Waals surface area contributed by atoms with Gasteiger partial charge in [-0.3, -0.25) is 0 Å². The quantitative estimate of drug-likeness (QED) is 0.725. The maximum Gasteiger partial charge on any atom is -0.00775 e. The molecule has 0 atom stereocenters. The van der Waals surface area contributed by atoms with Crippen LogP contribution in [0.3, 0.4) is 0 Å². The summed E-state index contributed by atoms with van der Waals surface area (Å²) in [5.41, 5.74) is 4.85. The standard InChI is InChI=1S/C4H11N.C3H8.C2H7N.4CH4/c1-3-5-4-2;1-3-2;1-2-3;;;;/h5H,3-4H2,1-2H3;3H2,1-2H3;2-3H2,1H3;4*1H4. The Morgan fingerprint density at radius 1 is 0.733 bits per heavy atom. The lowest BCUT2D eigenvalue weighted by Gasteiger charge is -1.86. The van der Waals surface area contributed by atoms with Crippen molar-refractivity contribution in [3.05, 3.63) is 0 Å². The van der Waals surface area contributed by atoms with Gasteiger partial charge in [0.25, 0.3) is 0 Å². The molecule has 0 amide bonds. The van der Waals surface area contributed by atoms with Gasteiger partial charge in [-0.1, -0.05) is 70.7 Å². The molecule has 0 unspecified atom stereocenters. The molecular formula is C13H42N2. The van der Waals surface area contributed by atoms with Crippen LogP contribution < -0.4 is 11.1 Å². The molecule has 0 aromatic carbocycles. The van der Waals surface area contributed by atoms with Crippen LogP contribution in [0.5, 0.6) is 0 Å². The van der Waals surface area contributed by atoms with E-state index in [1.54, 1.807) is 0 Å². The molecule has 2 heteroatoms. The van der Waals surface area contributed by atoms with Gasteiger partial charge in [-0.2, -0.15) is 0 Å². The highest BCUT2D eigenvalue weighted by atomic mass is 14.8. The summed E-state index contributed by atoms with van der Waals surface area (Å²) in [5, 5.41) is 3.11. The van der Waals surface area contributed by atoms with E-state index in [0.717, 1.165) is 19.6 Å². The zero-order valence-electron chi connectivity index (χ0n) is 8.91. The number of hydrogen-bond acceptors (Lipinski definition) is 2. The maximum absolute atomic E-state index is 4.85. The van der Waals surface area contributed by atoms with Gasteiger partial charge in [0, 0.05) is 0 Å². The highest BCUT2D eigenvalue weighted by Crippen LogP contribution is 1.56. The van der Waals surface area contributed by atoms with Gasteiger partial charge in [0.1, 0.15) is 0 Å². The van der Waals surface area contributed by atoms with Crippen molar-refractivity contribution in [2.75, 3.05) is 19.6 Å². The molecule has 0 saturated carbocycles. The Morgan fingerprint density at radius 2 is 0.867 bits per heavy atom. The van der Waals surface area contributed by atoms with Crippen LogP contribution in [0.25, 0.3) is 0 Å². The SMILES string of the molecule is C.C.C.C.CCC.CCN.CCNCC. The number of rotatable bonds is 2. The van der Waals surface area contributed by atoms with E-state index in [2.05, 4.69) is 33.0 Å². The van der Waals surface area contributed by atoms with Gasteiger partial charge in [-0.25, -0.2) is 0 Å². The minimum absolute atomic E-state index is 0. The summed E-state index contributed by atoms with van der Waals surface area (Å²) in [5.74, 6) is 0. The van der Waals surface area contributed by atoms with Crippen molar-refractivity contribution in [1.82, 2.24) is 5.32 Å². The number of hydrogen-bond donors (Lipinski definition) is 2. The molecule has 0 fully saturated rings. The molecule has 15 heavy (non-hydrogen) atoms. The van der Waals surface area contributed by atoms with Crippen molar-refractivity contribution in [3.8, 4) is 0 Å². The molecule has 0 bridgehead atoms. The van der Waals surface area contributed by atoms with E-state index in [1.165, 1.54) is 6.42 Å². The number of nitrogens with two attached hydrogens (primary N) is 1. The fraction of sp³-hybridized carbons (Fsp3) is 1.00. The van der Waals surface area contributed by atoms with Crippen molar-refractivity contribution in [3.63, 3.8) is 0 Å². The first-order valence-electron chi connectivity index (χ1n) is 4.65. The third-order valence-corrected chi connectivity index (χ3v) is 0.500. The molecule has 0 aromatic rings. The normalized spacial score (nSPS) is 5.20. The highest BCUT2D eigenvalue weighted by Gasteiger charge is 1.62. The Morgan fingerprint density at radius 3 is 0.867 bits per heavy atom. The lowest BCUT2D eigenvalue weighted by Crippen LogP contribution is -2.09. The van der Waals surface area contributed by atoms with Crippen molar-refractivity contribution in [1.29, 1.82) is 0 Å². The topological polar surface area (TPSA) is 38.0 Å². The Kier molecular flexibility index (Phi) is 295. The van der Waals surface area contributed by atoms with Crippen molar-refractivity contribution in [2.24, 2.45) is 5.73 Å². The summed E-state index contributed by atoms with van der Waals surface area (Å²) < 4.78 is 0. The predicted molar refractivity (Wildman–Crippen MR) is 81.8 cm³/mol. The zero-order chi connectivity index (χ0) is 9.54. The molecule has 0 radical (unpaired) electrons. The molecule has 0 aliphatic carbocycles. The molecule has 2 nitrogen and oxygen atoms in total. The highest BCUT2D eigenvalue weighted by molar-refractivity contribution is 4.27. The fourth-order valence-electron chi connectivity index (χ4n) is 0.250. The first-order valence-corrected chi connectivity index (χ1v) is 4.65. The van der Waals surface area contributed by atoms with Crippen LogP contribution in [0.15, 0.2) is 0 Å². The van der Waals surface area contributed by atoms with E-state index in [-0.39, 0.29) is 29.7 Å². The minimum atomic E-state index is 0. The van der Waals surface area contributed by atoms with Gasteiger partial charge in [0.05, 0.1) is 0 Å². The monoisotopic (exact) mass is 226 g/mol. The van der Waals surface area contributed by atoms with E-state index < -0.39 is 0 Å². The third kappa shape index (κ3) is 537. The molecule has 0 aromatic heterocycles. The van der Waals surface area contributed by atoms with Crippen molar-refractivity contribution in [2.45, 2.75) is 70.7 Å². The van der Waals surface area contributed by atoms with Gasteiger partial charge in [-0.15, -0.1) is 0 Å². The van der Waals surface area contributed by atoms with Crippen LogP contribution >= 0.6 is 0 Å². The van der Waals surface area contributed by atoms with Crippen LogP contribution in [-0.2, 0) is 0 Å². The summed E-state index contributed by atoms with van der Waals surface area (Å²) in [4.78, 5) is 0. The molecule has 3 N–H and O–H groups in total. The average molecular weight is 226 g/mol. The van der Waals surface area contributed by atoms with E-state index in [0.29, 0.717) is 0 Å². The van der Waals surface area contributed by atoms with Gasteiger partial charge in [0.2, 0.25) is 0 Å². The molecular weight excluding hydrogens is 184 g/mol. The second-order valence-corrected chi connectivity index (χ2v) is 2.07. The van der Waals surface area contributed by atoms with Crippen LogP contribution in [0.2, 0.25) is 0 Å². The van der Waals surface area contributed by atoms with Crippen molar-refractivity contribution >= 4 is 0 Å². The first-order chi connectivity index (χ1) is 5.24. The lowest BCUT2D eigenvalue weighted by atomic mass is 10.6. The molecule has 0 heterocycles.